The second-order valence-corrected chi connectivity index (χ2v) is 20.5. The standard InChI is InChI=1S/C54H32F4N6O4S2/c1-61-39(23-59)45-27-17-35(55)37(57)19-29(27)49(65)47(45)63-43-21-33-51(69-43)31-13-25-16-42-32(14-26(25)15-41(31)67-53(33)9-5-3-6-10-53)52-34(54(68-42)11-7-4-8-12-54)22-44(70-52)64-48-46(40(24-60)62-2)28-18-36(56)38(58)20-30(28)50(48)66/h13-22,25-26H,3-12H2/b45-39+,46-40?,63-47?,64-48?. The Bertz CT molecular complexity index is 3350. The Morgan fingerprint density at radius 3 is 1.31 bits per heavy atom. The highest BCUT2D eigenvalue weighted by molar-refractivity contribution is 7.17. The largest absolute Gasteiger partial charge is 0.482 e. The number of halogens is 4. The lowest BCUT2D eigenvalue weighted by Gasteiger charge is -2.46. The number of carbonyl (C=O) groups excluding carboxylic acids is 2. The highest BCUT2D eigenvalue weighted by atomic mass is 32.1. The van der Waals surface area contributed by atoms with Crippen molar-refractivity contribution >= 4 is 78.0 Å². The Kier molecular flexibility index (Phi) is 9.88. The second-order valence-electron chi connectivity index (χ2n) is 18.4. The molecule has 0 amide bonds. The van der Waals surface area contributed by atoms with Gasteiger partial charge in [-0.3, -0.25) is 9.59 Å². The van der Waals surface area contributed by atoms with E-state index in [-0.39, 0.29) is 56.7 Å². The number of hydrogen-bond acceptors (Lipinski definition) is 10. The molecule has 2 unspecified atom stereocenters. The molecule has 2 spiro atoms. The van der Waals surface area contributed by atoms with E-state index in [9.17, 15) is 37.7 Å². The van der Waals surface area contributed by atoms with Gasteiger partial charge in [0.2, 0.25) is 11.6 Å². The first kappa shape index (κ1) is 43.5. The lowest BCUT2D eigenvalue weighted by molar-refractivity contribution is -0.0338. The molecule has 10 nitrogen and oxygen atoms in total. The molecule has 2 atom stereocenters. The van der Waals surface area contributed by atoms with E-state index in [1.54, 1.807) is 12.1 Å². The SMILES string of the molecule is [C-]#[N+]C(C#N)=C1C(=Nc2cc3c(s2)C2=CC4C=C5OC6(CCCCC6)c6cc(N=C7C(=O)c8cc(F)c(F)cc8/C7=C(/C#N)[N+]#[C-])sc6C5=CC4C=C2OC32CCCCC2)C(=O)c2cc(F)c(F)cc21. The van der Waals surface area contributed by atoms with Gasteiger partial charge in [-0.05, 0) is 111 Å². The molecular weight excluding hydrogens is 937 g/mol. The van der Waals surface area contributed by atoms with Crippen molar-refractivity contribution in [2.24, 2.45) is 21.8 Å². The van der Waals surface area contributed by atoms with Crippen LogP contribution in [0.5, 0.6) is 0 Å². The van der Waals surface area contributed by atoms with Crippen LogP contribution in [0.15, 0.2) is 93.6 Å². The van der Waals surface area contributed by atoms with Crippen LogP contribution in [-0.4, -0.2) is 23.0 Å². The van der Waals surface area contributed by atoms with Crippen LogP contribution in [0.1, 0.15) is 117 Å². The zero-order valence-corrected chi connectivity index (χ0v) is 38.3. The number of fused-ring (bicyclic) bond motifs is 11. The fourth-order valence-corrected chi connectivity index (χ4v) is 13.8. The number of carbonyl (C=O) groups is 2. The van der Waals surface area contributed by atoms with Gasteiger partial charge in [-0.2, -0.15) is 0 Å². The van der Waals surface area contributed by atoms with Crippen LogP contribution in [0.2, 0.25) is 0 Å². The Balaban J connectivity index is 0.960. The average Bonchev–Trinajstić information content (AvgIpc) is 4.12. The number of aliphatic imine (C=N–C) groups is 2. The maximum atomic E-state index is 14.6. The first-order chi connectivity index (χ1) is 33.9. The molecule has 6 aliphatic carbocycles. The maximum Gasteiger partial charge on any atom is 0.271 e. The van der Waals surface area contributed by atoms with Crippen LogP contribution < -0.4 is 0 Å². The van der Waals surface area contributed by atoms with Crippen LogP contribution in [0, 0.1) is 70.9 Å². The smallest absolute Gasteiger partial charge is 0.271 e. The van der Waals surface area contributed by atoms with E-state index in [2.05, 4.69) is 34.0 Å². The average molecular weight is 969 g/mol. The number of benzene rings is 2. The molecule has 2 aromatic carbocycles. The lowest BCUT2D eigenvalue weighted by atomic mass is 9.72. The number of allylic oxidation sites excluding steroid dienone is 10. The van der Waals surface area contributed by atoms with Crippen molar-refractivity contribution in [3.8, 4) is 12.1 Å². The molecule has 342 valence electrons. The van der Waals surface area contributed by atoms with Crippen molar-refractivity contribution in [1.29, 1.82) is 10.5 Å². The van der Waals surface area contributed by atoms with Gasteiger partial charge in [-0.1, -0.05) is 25.0 Å². The van der Waals surface area contributed by atoms with E-state index in [4.69, 9.17) is 32.6 Å². The number of nitriles is 2. The van der Waals surface area contributed by atoms with Gasteiger partial charge in [0.1, 0.15) is 44.1 Å². The van der Waals surface area contributed by atoms with Crippen molar-refractivity contribution in [2.45, 2.75) is 75.4 Å². The number of thiophene rings is 2. The summed E-state index contributed by atoms with van der Waals surface area (Å²) in [6.45, 7) is 15.4. The number of ketones is 2. The van der Waals surface area contributed by atoms with E-state index >= 15 is 0 Å². The number of hydrogen-bond donors (Lipinski definition) is 0. The Morgan fingerprint density at radius 1 is 0.586 bits per heavy atom. The molecule has 4 heterocycles. The summed E-state index contributed by atoms with van der Waals surface area (Å²) in [6, 6.07) is 10.6. The fraction of sp³-hybridized carbons (Fsp3) is 0.259. The molecule has 2 aromatic heterocycles. The summed E-state index contributed by atoms with van der Waals surface area (Å²) in [5.74, 6) is -5.32. The van der Waals surface area contributed by atoms with Crippen LogP contribution >= 0.6 is 22.7 Å². The van der Waals surface area contributed by atoms with Gasteiger partial charge in [0, 0.05) is 66.1 Å². The van der Waals surface area contributed by atoms with Gasteiger partial charge in [0.25, 0.3) is 11.4 Å². The Labute approximate surface area is 405 Å². The summed E-state index contributed by atoms with van der Waals surface area (Å²) >= 11 is 2.69. The molecule has 0 radical (unpaired) electrons. The zero-order valence-electron chi connectivity index (χ0n) is 36.6. The quantitative estimate of drug-likeness (QED) is 0.112. The van der Waals surface area contributed by atoms with Gasteiger partial charge in [-0.25, -0.2) is 47.8 Å². The minimum Gasteiger partial charge on any atom is -0.482 e. The summed E-state index contributed by atoms with van der Waals surface area (Å²) in [4.78, 5) is 45.7. The van der Waals surface area contributed by atoms with E-state index in [1.165, 1.54) is 22.7 Å². The lowest BCUT2D eigenvalue weighted by Crippen LogP contribution is -2.37. The predicted molar refractivity (Wildman–Crippen MR) is 253 cm³/mol. The van der Waals surface area contributed by atoms with E-state index in [0.717, 1.165) is 121 Å². The molecule has 16 heteroatoms. The highest BCUT2D eigenvalue weighted by Gasteiger charge is 2.49. The number of rotatable bonds is 2. The van der Waals surface area contributed by atoms with Crippen LogP contribution in [0.4, 0.5) is 27.6 Å². The highest BCUT2D eigenvalue weighted by Crippen LogP contribution is 2.60. The van der Waals surface area contributed by atoms with Crippen molar-refractivity contribution in [3.05, 3.63) is 173 Å². The number of Topliss-reactive ketones (excluding diaryl/α,β-unsaturated/α-hetero) is 2. The van der Waals surface area contributed by atoms with Crippen molar-refractivity contribution in [1.82, 2.24) is 0 Å². The summed E-state index contributed by atoms with van der Waals surface area (Å²) in [5.41, 5.74) is -0.0488. The van der Waals surface area contributed by atoms with Crippen LogP contribution in [0.3, 0.4) is 0 Å². The summed E-state index contributed by atoms with van der Waals surface area (Å²) in [6.07, 6.45) is 17.2. The molecule has 2 fully saturated rings. The summed E-state index contributed by atoms with van der Waals surface area (Å²) in [7, 11) is 0. The molecular formula is C54H32F4N6O4S2. The van der Waals surface area contributed by atoms with Gasteiger partial charge >= 0.3 is 0 Å². The first-order valence-corrected chi connectivity index (χ1v) is 24.4. The van der Waals surface area contributed by atoms with Crippen molar-refractivity contribution in [3.63, 3.8) is 0 Å². The first-order valence-electron chi connectivity index (χ1n) is 22.7. The number of ether oxygens (including phenoxy) is 2. The molecule has 70 heavy (non-hydrogen) atoms. The van der Waals surface area contributed by atoms with Crippen molar-refractivity contribution < 1.29 is 36.6 Å². The summed E-state index contributed by atoms with van der Waals surface area (Å²) in [5, 5.41) is 20.6. The third-order valence-electron chi connectivity index (χ3n) is 14.6. The Morgan fingerprint density at radius 2 is 0.957 bits per heavy atom. The van der Waals surface area contributed by atoms with E-state index in [1.807, 2.05) is 12.1 Å². The minimum atomic E-state index is -1.23. The third-order valence-corrected chi connectivity index (χ3v) is 16.8. The molecule has 2 saturated carbocycles. The minimum absolute atomic E-state index is 0.0608. The van der Waals surface area contributed by atoms with Crippen molar-refractivity contribution in [2.75, 3.05) is 0 Å². The van der Waals surface area contributed by atoms with E-state index < -0.39 is 57.4 Å². The van der Waals surface area contributed by atoms with E-state index in [0.29, 0.717) is 21.5 Å². The topological polar surface area (TPSA) is 134 Å². The molecule has 12 rings (SSSR count). The Hall–Kier alpha value is -7.76. The monoisotopic (exact) mass is 968 g/mol. The fourth-order valence-electron chi connectivity index (χ4n) is 11.4. The predicted octanol–water partition coefficient (Wildman–Crippen LogP) is 13.5. The summed E-state index contributed by atoms with van der Waals surface area (Å²) < 4.78 is 72.4. The second kappa shape index (κ2) is 15.9. The molecule has 4 aromatic rings. The molecule has 2 aliphatic heterocycles. The molecule has 0 bridgehead atoms. The normalized spacial score (nSPS) is 24.3. The maximum absolute atomic E-state index is 14.6. The zero-order chi connectivity index (χ0) is 48.4. The molecule has 8 aliphatic rings. The third kappa shape index (κ3) is 6.37. The number of nitrogens with zero attached hydrogens (tertiary/aromatic N) is 6. The van der Waals surface area contributed by atoms with Crippen LogP contribution in [0.25, 0.3) is 32.0 Å². The van der Waals surface area contributed by atoms with Gasteiger partial charge in [0.15, 0.2) is 23.3 Å². The van der Waals surface area contributed by atoms with Gasteiger partial charge < -0.3 is 9.47 Å². The van der Waals surface area contributed by atoms with Crippen LogP contribution in [-0.2, 0) is 20.7 Å². The molecule has 0 N–H and O–H groups in total. The molecule has 0 saturated heterocycles. The van der Waals surface area contributed by atoms with Gasteiger partial charge in [0.05, 0.1) is 25.3 Å². The van der Waals surface area contributed by atoms with Gasteiger partial charge in [-0.15, -0.1) is 22.7 Å².